The van der Waals surface area contributed by atoms with Gasteiger partial charge in [0.1, 0.15) is 12.4 Å². The largest absolute Gasteiger partial charge is 0.493 e. The summed E-state index contributed by atoms with van der Waals surface area (Å²) in [6, 6.07) is 9.65. The molecule has 1 heterocycles. The van der Waals surface area contributed by atoms with Crippen LogP contribution in [0, 0.1) is 0 Å². The van der Waals surface area contributed by atoms with E-state index >= 15 is 0 Å². The lowest BCUT2D eigenvalue weighted by Gasteiger charge is -2.14. The second kappa shape index (κ2) is 11.9. The Morgan fingerprint density at radius 3 is 2.78 bits per heavy atom. The number of nitrogens with zero attached hydrogens (tertiary/aromatic N) is 1. The molecule has 0 bridgehead atoms. The maximum Gasteiger partial charge on any atom is 0.191 e. The maximum atomic E-state index is 5.61. The van der Waals surface area contributed by atoms with Crippen LogP contribution in [0.3, 0.4) is 0 Å². The Bertz CT molecular complexity index is 687. The van der Waals surface area contributed by atoms with Gasteiger partial charge in [-0.05, 0) is 43.2 Å². The van der Waals surface area contributed by atoms with E-state index in [0.717, 1.165) is 41.7 Å². The summed E-state index contributed by atoms with van der Waals surface area (Å²) >= 11 is 0. The van der Waals surface area contributed by atoms with Crippen molar-refractivity contribution >= 4 is 5.96 Å². The molecule has 2 N–H and O–H groups in total. The van der Waals surface area contributed by atoms with E-state index < -0.39 is 0 Å². The fraction of sp³-hybridized carbons (Fsp3) is 0.450. The smallest absolute Gasteiger partial charge is 0.191 e. The highest BCUT2D eigenvalue weighted by molar-refractivity contribution is 5.79. The van der Waals surface area contributed by atoms with Crippen LogP contribution in [0.15, 0.2) is 46.0 Å². The third kappa shape index (κ3) is 7.22. The minimum Gasteiger partial charge on any atom is -0.493 e. The second-order valence-electron chi connectivity index (χ2n) is 5.76. The molecule has 0 aliphatic carbocycles. The van der Waals surface area contributed by atoms with Gasteiger partial charge in [-0.2, -0.15) is 0 Å². The zero-order valence-electron chi connectivity index (χ0n) is 16.3. The summed E-state index contributed by atoms with van der Waals surface area (Å²) in [4.78, 5) is 4.24. The lowest BCUT2D eigenvalue weighted by molar-refractivity contribution is 0.105. The first-order valence-corrected chi connectivity index (χ1v) is 9.11. The van der Waals surface area contributed by atoms with Gasteiger partial charge in [-0.3, -0.25) is 4.99 Å². The standard InChI is InChI=1S/C20H29N3O4/c1-4-26-19-13-16(8-9-18(19)24-3)14-23-20(21-2)22-10-6-11-25-15-17-7-5-12-27-17/h5,7-9,12-13H,4,6,10-11,14-15H2,1-3H3,(H2,21,22,23). The van der Waals surface area contributed by atoms with Crippen LogP contribution in [-0.4, -0.2) is 39.9 Å². The van der Waals surface area contributed by atoms with Crippen molar-refractivity contribution in [1.82, 2.24) is 10.6 Å². The van der Waals surface area contributed by atoms with Gasteiger partial charge in [-0.1, -0.05) is 6.07 Å². The van der Waals surface area contributed by atoms with Gasteiger partial charge < -0.3 is 29.3 Å². The van der Waals surface area contributed by atoms with Crippen molar-refractivity contribution in [3.63, 3.8) is 0 Å². The van der Waals surface area contributed by atoms with Gasteiger partial charge in [0.05, 0.1) is 20.0 Å². The molecule has 0 spiro atoms. The van der Waals surface area contributed by atoms with Crippen molar-refractivity contribution < 1.29 is 18.6 Å². The van der Waals surface area contributed by atoms with Crippen molar-refractivity contribution in [1.29, 1.82) is 0 Å². The Kier molecular flexibility index (Phi) is 9.06. The van der Waals surface area contributed by atoms with E-state index in [1.165, 1.54) is 0 Å². The summed E-state index contributed by atoms with van der Waals surface area (Å²) in [5.74, 6) is 3.06. The Morgan fingerprint density at radius 1 is 1.19 bits per heavy atom. The molecule has 0 saturated heterocycles. The van der Waals surface area contributed by atoms with Crippen LogP contribution in [0.5, 0.6) is 11.5 Å². The number of hydrogen-bond acceptors (Lipinski definition) is 5. The summed E-state index contributed by atoms with van der Waals surface area (Å²) in [6.07, 6.45) is 2.52. The van der Waals surface area contributed by atoms with Crippen LogP contribution >= 0.6 is 0 Å². The Hall–Kier alpha value is -2.67. The molecule has 0 aliphatic rings. The molecule has 0 saturated carbocycles. The van der Waals surface area contributed by atoms with Crippen molar-refractivity contribution in [3.8, 4) is 11.5 Å². The van der Waals surface area contributed by atoms with Crippen LogP contribution in [0.2, 0.25) is 0 Å². The van der Waals surface area contributed by atoms with Gasteiger partial charge in [-0.25, -0.2) is 0 Å². The minimum atomic E-state index is 0.500. The predicted octanol–water partition coefficient (Wildman–Crippen LogP) is 2.96. The zero-order chi connectivity index (χ0) is 19.3. The van der Waals surface area contributed by atoms with Crippen molar-refractivity contribution in [3.05, 3.63) is 47.9 Å². The fourth-order valence-electron chi connectivity index (χ4n) is 2.45. The summed E-state index contributed by atoms with van der Waals surface area (Å²) < 4.78 is 21.7. The predicted molar refractivity (Wildman–Crippen MR) is 105 cm³/mol. The van der Waals surface area contributed by atoms with Crippen LogP contribution in [0.4, 0.5) is 0 Å². The Balaban J connectivity index is 1.68. The first-order chi connectivity index (χ1) is 13.3. The molecular formula is C20H29N3O4. The van der Waals surface area contributed by atoms with Crippen LogP contribution in [-0.2, 0) is 17.9 Å². The van der Waals surface area contributed by atoms with Crippen LogP contribution in [0.25, 0.3) is 0 Å². The number of methoxy groups -OCH3 is 1. The van der Waals surface area contributed by atoms with Crippen molar-refractivity contribution in [2.24, 2.45) is 4.99 Å². The van der Waals surface area contributed by atoms with Crippen LogP contribution in [0.1, 0.15) is 24.7 Å². The highest BCUT2D eigenvalue weighted by Gasteiger charge is 2.06. The number of hydrogen-bond donors (Lipinski definition) is 2. The summed E-state index contributed by atoms with van der Waals surface area (Å²) in [6.45, 7) is 5.11. The Morgan fingerprint density at radius 2 is 2.07 bits per heavy atom. The first kappa shape index (κ1) is 20.6. The summed E-state index contributed by atoms with van der Waals surface area (Å²) in [5, 5.41) is 6.57. The molecule has 0 aliphatic heterocycles. The van der Waals surface area contributed by atoms with Gasteiger partial charge in [-0.15, -0.1) is 0 Å². The topological polar surface area (TPSA) is 77.2 Å². The number of furan rings is 1. The molecule has 2 rings (SSSR count). The van der Waals surface area contributed by atoms with E-state index in [1.54, 1.807) is 20.4 Å². The van der Waals surface area contributed by atoms with E-state index in [9.17, 15) is 0 Å². The minimum absolute atomic E-state index is 0.500. The fourth-order valence-corrected chi connectivity index (χ4v) is 2.45. The number of ether oxygens (including phenoxy) is 3. The molecular weight excluding hydrogens is 346 g/mol. The molecule has 1 aromatic heterocycles. The second-order valence-corrected chi connectivity index (χ2v) is 5.76. The Labute approximate surface area is 160 Å². The molecule has 7 nitrogen and oxygen atoms in total. The monoisotopic (exact) mass is 375 g/mol. The molecule has 0 atom stereocenters. The third-order valence-corrected chi connectivity index (χ3v) is 3.79. The maximum absolute atomic E-state index is 5.61. The first-order valence-electron chi connectivity index (χ1n) is 9.11. The average molecular weight is 375 g/mol. The molecule has 1 aromatic carbocycles. The van der Waals surface area contributed by atoms with E-state index in [4.69, 9.17) is 18.6 Å². The van der Waals surface area contributed by atoms with E-state index in [2.05, 4.69) is 15.6 Å². The zero-order valence-corrected chi connectivity index (χ0v) is 16.3. The third-order valence-electron chi connectivity index (χ3n) is 3.79. The van der Waals surface area contributed by atoms with Gasteiger partial charge in [0.2, 0.25) is 0 Å². The number of guanidine groups is 1. The SMILES string of the molecule is CCOc1cc(CNC(=NC)NCCCOCc2ccco2)ccc1OC. The molecule has 148 valence electrons. The van der Waals surface area contributed by atoms with E-state index in [1.807, 2.05) is 37.3 Å². The lowest BCUT2D eigenvalue weighted by atomic mass is 10.2. The lowest BCUT2D eigenvalue weighted by Crippen LogP contribution is -2.37. The summed E-state index contributed by atoms with van der Waals surface area (Å²) in [5.41, 5.74) is 1.09. The molecule has 27 heavy (non-hydrogen) atoms. The average Bonchev–Trinajstić information content (AvgIpc) is 3.21. The number of nitrogens with one attached hydrogen (secondary N) is 2. The quantitative estimate of drug-likeness (QED) is 0.357. The van der Waals surface area contributed by atoms with Crippen LogP contribution < -0.4 is 20.1 Å². The number of rotatable bonds is 11. The van der Waals surface area contributed by atoms with Gasteiger partial charge in [0, 0.05) is 26.7 Å². The number of benzene rings is 1. The normalized spacial score (nSPS) is 11.3. The molecule has 7 heteroatoms. The van der Waals surface area contributed by atoms with Crippen molar-refractivity contribution in [2.45, 2.75) is 26.5 Å². The van der Waals surface area contributed by atoms with Gasteiger partial charge in [0.25, 0.3) is 0 Å². The highest BCUT2D eigenvalue weighted by atomic mass is 16.5. The van der Waals surface area contributed by atoms with Gasteiger partial charge in [0.15, 0.2) is 17.5 Å². The van der Waals surface area contributed by atoms with E-state index in [0.29, 0.717) is 26.4 Å². The molecule has 0 unspecified atom stereocenters. The molecule has 0 radical (unpaired) electrons. The molecule has 0 fully saturated rings. The molecule has 0 amide bonds. The van der Waals surface area contributed by atoms with Crippen molar-refractivity contribution in [2.75, 3.05) is 33.9 Å². The number of aliphatic imine (C=N–C) groups is 1. The summed E-state index contributed by atoms with van der Waals surface area (Å²) in [7, 11) is 3.39. The van der Waals surface area contributed by atoms with Gasteiger partial charge >= 0.3 is 0 Å². The molecule has 2 aromatic rings. The highest BCUT2D eigenvalue weighted by Crippen LogP contribution is 2.27. The van der Waals surface area contributed by atoms with E-state index in [-0.39, 0.29) is 0 Å².